The molecule has 0 fully saturated rings. The maximum absolute atomic E-state index is 6.53. The zero-order valence-electron chi connectivity index (χ0n) is 12.6. The van der Waals surface area contributed by atoms with Gasteiger partial charge in [-0.1, -0.05) is 29.8 Å². The quantitative estimate of drug-likeness (QED) is 0.926. The number of aromatic nitrogens is 1. The van der Waals surface area contributed by atoms with E-state index in [2.05, 4.69) is 24.0 Å². The molecule has 0 radical (unpaired) electrons. The highest BCUT2D eigenvalue weighted by molar-refractivity contribution is 5.39. The maximum Gasteiger partial charge on any atom is 0.138 e. The Morgan fingerprint density at radius 2 is 1.90 bits per heavy atom. The van der Waals surface area contributed by atoms with Crippen LogP contribution in [0.5, 0.6) is 5.75 Å². The zero-order valence-corrected chi connectivity index (χ0v) is 12.6. The van der Waals surface area contributed by atoms with Gasteiger partial charge in [0.15, 0.2) is 0 Å². The van der Waals surface area contributed by atoms with E-state index >= 15 is 0 Å². The molecule has 0 aliphatic carbocycles. The van der Waals surface area contributed by atoms with Crippen LogP contribution in [0, 0.1) is 6.92 Å². The first-order valence-corrected chi connectivity index (χ1v) is 6.88. The number of nitrogens with zero attached hydrogens (tertiary/aromatic N) is 1. The summed E-state index contributed by atoms with van der Waals surface area (Å²) in [5.74, 6) is 0.752. The summed E-state index contributed by atoms with van der Waals surface area (Å²) in [6.07, 6.45) is 3.64. The fraction of sp³-hybridized carbons (Fsp3) is 0.353. The molecule has 1 heterocycles. The third-order valence-corrected chi connectivity index (χ3v) is 3.30. The number of pyridine rings is 1. The van der Waals surface area contributed by atoms with Crippen molar-refractivity contribution in [2.45, 2.75) is 39.3 Å². The molecule has 0 aliphatic rings. The van der Waals surface area contributed by atoms with Crippen molar-refractivity contribution in [3.05, 3.63) is 59.4 Å². The van der Waals surface area contributed by atoms with Gasteiger partial charge < -0.3 is 10.5 Å². The normalized spacial score (nSPS) is 14.1. The van der Waals surface area contributed by atoms with Crippen LogP contribution in [0.3, 0.4) is 0 Å². The molecule has 0 saturated heterocycles. The second-order valence-corrected chi connectivity index (χ2v) is 5.65. The third kappa shape index (κ3) is 3.17. The highest BCUT2D eigenvalue weighted by atomic mass is 16.5. The number of hydrogen-bond donors (Lipinski definition) is 1. The molecular formula is C17H22N2O. The molecule has 106 valence electrons. The summed E-state index contributed by atoms with van der Waals surface area (Å²) in [6.45, 7) is 8.05. The van der Waals surface area contributed by atoms with Crippen LogP contribution in [0.15, 0.2) is 42.7 Å². The summed E-state index contributed by atoms with van der Waals surface area (Å²) in [4.78, 5) is 4.25. The molecule has 0 spiro atoms. The van der Waals surface area contributed by atoms with Crippen LogP contribution in [0.25, 0.3) is 0 Å². The molecule has 1 aromatic heterocycles. The van der Waals surface area contributed by atoms with Gasteiger partial charge in [0.2, 0.25) is 0 Å². The van der Waals surface area contributed by atoms with Crippen molar-refractivity contribution < 1.29 is 4.74 Å². The van der Waals surface area contributed by atoms with Crippen LogP contribution in [0.2, 0.25) is 0 Å². The first-order valence-electron chi connectivity index (χ1n) is 6.88. The third-order valence-electron chi connectivity index (χ3n) is 3.30. The molecule has 1 aromatic carbocycles. The van der Waals surface area contributed by atoms with Crippen LogP contribution >= 0.6 is 0 Å². The molecule has 0 aliphatic heterocycles. The number of benzene rings is 1. The van der Waals surface area contributed by atoms with Gasteiger partial charge >= 0.3 is 0 Å². The van der Waals surface area contributed by atoms with Crippen LogP contribution in [-0.2, 0) is 5.54 Å². The van der Waals surface area contributed by atoms with Crippen molar-refractivity contribution in [2.75, 3.05) is 0 Å². The zero-order chi connectivity index (χ0) is 14.8. The van der Waals surface area contributed by atoms with Gasteiger partial charge in [0.05, 0.1) is 17.8 Å². The average Bonchev–Trinajstić information content (AvgIpc) is 2.38. The van der Waals surface area contributed by atoms with Crippen LogP contribution in [-0.4, -0.2) is 11.1 Å². The highest BCUT2D eigenvalue weighted by Crippen LogP contribution is 2.28. The molecule has 0 amide bonds. The highest BCUT2D eigenvalue weighted by Gasteiger charge is 2.24. The van der Waals surface area contributed by atoms with Crippen molar-refractivity contribution in [2.24, 2.45) is 5.73 Å². The van der Waals surface area contributed by atoms with Crippen molar-refractivity contribution in [3.63, 3.8) is 0 Å². The summed E-state index contributed by atoms with van der Waals surface area (Å²) in [6, 6.07) is 10.2. The lowest BCUT2D eigenvalue weighted by Gasteiger charge is -2.26. The topological polar surface area (TPSA) is 48.1 Å². The van der Waals surface area contributed by atoms with Crippen LogP contribution in [0.4, 0.5) is 0 Å². The second-order valence-electron chi connectivity index (χ2n) is 5.65. The summed E-state index contributed by atoms with van der Waals surface area (Å²) in [5, 5.41) is 0. The lowest BCUT2D eigenvalue weighted by atomic mass is 9.86. The summed E-state index contributed by atoms with van der Waals surface area (Å²) < 4.78 is 5.69. The molecule has 20 heavy (non-hydrogen) atoms. The standard InChI is InChI=1S/C17H22N2O/c1-12(2)20-16-9-15(10-19-11-16)17(4,18)14-7-5-6-13(3)8-14/h5-12H,18H2,1-4H3. The fourth-order valence-electron chi connectivity index (χ4n) is 2.17. The SMILES string of the molecule is Cc1cccc(C(C)(N)c2cncc(OC(C)C)c2)c1. The Bertz CT molecular complexity index is 591. The molecule has 1 atom stereocenters. The van der Waals surface area contributed by atoms with Gasteiger partial charge in [-0.25, -0.2) is 0 Å². The Morgan fingerprint density at radius 1 is 1.15 bits per heavy atom. The van der Waals surface area contributed by atoms with E-state index in [-0.39, 0.29) is 6.10 Å². The molecule has 2 N–H and O–H groups in total. The van der Waals surface area contributed by atoms with E-state index in [4.69, 9.17) is 10.5 Å². The predicted molar refractivity (Wildman–Crippen MR) is 81.8 cm³/mol. The molecular weight excluding hydrogens is 248 g/mol. The number of rotatable bonds is 4. The maximum atomic E-state index is 6.53. The molecule has 3 heteroatoms. The van der Waals surface area contributed by atoms with Crippen LogP contribution < -0.4 is 10.5 Å². The largest absolute Gasteiger partial charge is 0.489 e. The Hall–Kier alpha value is -1.87. The first kappa shape index (κ1) is 14.5. The van der Waals surface area contributed by atoms with Gasteiger partial charge in [-0.3, -0.25) is 4.98 Å². The van der Waals surface area contributed by atoms with Crippen molar-refractivity contribution >= 4 is 0 Å². The Labute approximate surface area is 120 Å². The first-order chi connectivity index (χ1) is 9.39. The van der Waals surface area contributed by atoms with Gasteiger partial charge in [0.25, 0.3) is 0 Å². The van der Waals surface area contributed by atoms with Crippen molar-refractivity contribution in [1.82, 2.24) is 4.98 Å². The number of ether oxygens (including phenoxy) is 1. The average molecular weight is 270 g/mol. The molecule has 0 saturated carbocycles. The minimum absolute atomic E-state index is 0.120. The minimum Gasteiger partial charge on any atom is -0.489 e. The minimum atomic E-state index is -0.588. The van der Waals surface area contributed by atoms with E-state index in [0.29, 0.717) is 0 Å². The van der Waals surface area contributed by atoms with Gasteiger partial charge in [0.1, 0.15) is 5.75 Å². The number of hydrogen-bond acceptors (Lipinski definition) is 3. The van der Waals surface area contributed by atoms with E-state index in [1.165, 1.54) is 5.56 Å². The van der Waals surface area contributed by atoms with E-state index < -0.39 is 5.54 Å². The predicted octanol–water partition coefficient (Wildman–Crippen LogP) is 3.40. The van der Waals surface area contributed by atoms with E-state index in [0.717, 1.165) is 16.9 Å². The van der Waals surface area contributed by atoms with E-state index in [1.54, 1.807) is 12.4 Å². The van der Waals surface area contributed by atoms with E-state index in [1.807, 2.05) is 39.0 Å². The molecule has 2 aromatic rings. The number of nitrogens with two attached hydrogens (primary N) is 1. The Kier molecular flexibility index (Phi) is 4.09. The molecule has 2 rings (SSSR count). The number of aryl methyl sites for hydroxylation is 1. The Morgan fingerprint density at radius 3 is 2.55 bits per heavy atom. The summed E-state index contributed by atoms with van der Waals surface area (Å²) in [7, 11) is 0. The van der Waals surface area contributed by atoms with Gasteiger partial charge in [0, 0.05) is 6.20 Å². The van der Waals surface area contributed by atoms with Gasteiger partial charge in [-0.05, 0) is 44.9 Å². The van der Waals surface area contributed by atoms with Crippen molar-refractivity contribution in [3.8, 4) is 5.75 Å². The van der Waals surface area contributed by atoms with Crippen LogP contribution in [0.1, 0.15) is 37.5 Å². The molecule has 3 nitrogen and oxygen atoms in total. The smallest absolute Gasteiger partial charge is 0.138 e. The summed E-state index contributed by atoms with van der Waals surface area (Å²) in [5.41, 5.74) is 9.16. The van der Waals surface area contributed by atoms with E-state index in [9.17, 15) is 0 Å². The second kappa shape index (κ2) is 5.63. The van der Waals surface area contributed by atoms with Gasteiger partial charge in [-0.2, -0.15) is 0 Å². The summed E-state index contributed by atoms with van der Waals surface area (Å²) >= 11 is 0. The Balaban J connectivity index is 2.38. The lowest BCUT2D eigenvalue weighted by molar-refractivity contribution is 0.241. The molecule has 0 bridgehead atoms. The monoisotopic (exact) mass is 270 g/mol. The lowest BCUT2D eigenvalue weighted by Crippen LogP contribution is -2.34. The van der Waals surface area contributed by atoms with Crippen molar-refractivity contribution in [1.29, 1.82) is 0 Å². The fourth-order valence-corrected chi connectivity index (χ4v) is 2.17. The van der Waals surface area contributed by atoms with Gasteiger partial charge in [-0.15, -0.1) is 0 Å². The molecule has 1 unspecified atom stereocenters.